The number of benzene rings is 2. The Morgan fingerprint density at radius 2 is 1.84 bits per heavy atom. The van der Waals surface area contributed by atoms with Crippen LogP contribution in [0.15, 0.2) is 53.4 Å². The third-order valence-electron chi connectivity index (χ3n) is 5.73. The van der Waals surface area contributed by atoms with Crippen molar-refractivity contribution < 1.29 is 13.2 Å². The molecule has 0 aliphatic carbocycles. The molecule has 8 heteroatoms. The Morgan fingerprint density at radius 3 is 2.55 bits per heavy atom. The summed E-state index contributed by atoms with van der Waals surface area (Å²) in [6.07, 6.45) is 1.02. The molecule has 1 amide bonds. The Morgan fingerprint density at radius 1 is 1.13 bits per heavy atom. The van der Waals surface area contributed by atoms with E-state index in [1.807, 2.05) is 31.2 Å². The van der Waals surface area contributed by atoms with E-state index in [-0.39, 0.29) is 16.8 Å². The molecule has 2 unspecified atom stereocenters. The predicted octanol–water partition coefficient (Wildman–Crippen LogP) is 3.72. The molecule has 0 radical (unpaired) electrons. The van der Waals surface area contributed by atoms with Crippen LogP contribution < -0.4 is 5.32 Å². The quantitative estimate of drug-likeness (QED) is 0.632. The first-order valence-corrected chi connectivity index (χ1v) is 12.0. The van der Waals surface area contributed by atoms with Crippen LogP contribution in [0.25, 0.3) is 11.0 Å². The number of hydrogen-bond donors (Lipinski definition) is 2. The Kier molecular flexibility index (Phi) is 5.85. The summed E-state index contributed by atoms with van der Waals surface area (Å²) in [5.74, 6) is 0.935. The van der Waals surface area contributed by atoms with Gasteiger partial charge in [-0.3, -0.25) is 4.79 Å². The number of rotatable bonds is 5. The zero-order valence-electron chi connectivity index (χ0n) is 18.0. The molecule has 164 valence electrons. The smallest absolute Gasteiger partial charge is 0.251 e. The van der Waals surface area contributed by atoms with E-state index in [1.54, 1.807) is 22.5 Å². The molecule has 3 aromatic rings. The number of carbonyl (C=O) groups is 1. The maximum Gasteiger partial charge on any atom is 0.251 e. The summed E-state index contributed by atoms with van der Waals surface area (Å²) in [6.45, 7) is 6.99. The fraction of sp³-hybridized carbons (Fsp3) is 0.391. The number of aromatic amines is 1. The third kappa shape index (κ3) is 4.50. The molecule has 1 aliphatic rings. The first kappa shape index (κ1) is 21.5. The van der Waals surface area contributed by atoms with Crippen molar-refractivity contribution in [3.63, 3.8) is 0 Å². The molecule has 0 spiro atoms. The van der Waals surface area contributed by atoms with Crippen LogP contribution in [-0.4, -0.2) is 41.7 Å². The number of fused-ring (bicyclic) bond motifs is 1. The van der Waals surface area contributed by atoms with E-state index in [9.17, 15) is 13.2 Å². The van der Waals surface area contributed by atoms with Crippen molar-refractivity contribution in [3.8, 4) is 0 Å². The average molecular weight is 441 g/mol. The number of nitrogens with one attached hydrogen (secondary N) is 2. The van der Waals surface area contributed by atoms with Gasteiger partial charge in [0, 0.05) is 18.7 Å². The van der Waals surface area contributed by atoms with Crippen LogP contribution in [-0.2, 0) is 10.0 Å². The van der Waals surface area contributed by atoms with E-state index in [1.165, 1.54) is 6.07 Å². The van der Waals surface area contributed by atoms with Crippen molar-refractivity contribution in [3.05, 3.63) is 59.9 Å². The van der Waals surface area contributed by atoms with Crippen molar-refractivity contribution in [1.29, 1.82) is 0 Å². The van der Waals surface area contributed by atoms with Gasteiger partial charge in [-0.1, -0.05) is 32.0 Å². The second-order valence-corrected chi connectivity index (χ2v) is 10.6. The Balaban J connectivity index is 1.52. The number of para-hydroxylation sites is 2. The summed E-state index contributed by atoms with van der Waals surface area (Å²) >= 11 is 0. The average Bonchev–Trinajstić information content (AvgIpc) is 3.17. The van der Waals surface area contributed by atoms with Crippen LogP contribution in [0.5, 0.6) is 0 Å². The lowest BCUT2D eigenvalue weighted by atomic mass is 9.94. The topological polar surface area (TPSA) is 95.2 Å². The lowest BCUT2D eigenvalue weighted by Crippen LogP contribution is -2.42. The van der Waals surface area contributed by atoms with Gasteiger partial charge in [0.05, 0.1) is 22.0 Å². The standard InChI is InChI=1S/C23H28N4O3S/c1-15-11-16(2)14-27(13-15)31(29,30)19-8-6-7-18(12-19)23(28)24-17(3)22-25-20-9-4-5-10-21(20)26-22/h4-10,12,15-17H,11,13-14H2,1-3H3,(H,24,28)(H,25,26)/t15?,16?,17-/m0/s1. The Hall–Kier alpha value is -2.71. The maximum absolute atomic E-state index is 13.2. The van der Waals surface area contributed by atoms with Crippen LogP contribution in [0.4, 0.5) is 0 Å². The van der Waals surface area contributed by atoms with E-state index >= 15 is 0 Å². The summed E-state index contributed by atoms with van der Waals surface area (Å²) < 4.78 is 27.9. The number of carbonyl (C=O) groups excluding carboxylic acids is 1. The Bertz CT molecular complexity index is 1160. The highest BCUT2D eigenvalue weighted by Crippen LogP contribution is 2.27. The van der Waals surface area contributed by atoms with E-state index < -0.39 is 10.0 Å². The minimum absolute atomic E-state index is 0.151. The number of nitrogens with zero attached hydrogens (tertiary/aromatic N) is 2. The fourth-order valence-electron chi connectivity index (χ4n) is 4.27. The largest absolute Gasteiger partial charge is 0.342 e. The lowest BCUT2D eigenvalue weighted by Gasteiger charge is -2.34. The highest BCUT2D eigenvalue weighted by molar-refractivity contribution is 7.89. The van der Waals surface area contributed by atoms with Gasteiger partial charge in [-0.2, -0.15) is 4.31 Å². The molecule has 31 heavy (non-hydrogen) atoms. The molecular formula is C23H28N4O3S. The van der Waals surface area contributed by atoms with Gasteiger partial charge in [0.2, 0.25) is 10.0 Å². The van der Waals surface area contributed by atoms with Crippen LogP contribution in [0.2, 0.25) is 0 Å². The number of H-pyrrole nitrogens is 1. The zero-order valence-corrected chi connectivity index (χ0v) is 18.8. The molecule has 1 fully saturated rings. The molecule has 3 atom stereocenters. The summed E-state index contributed by atoms with van der Waals surface area (Å²) in [4.78, 5) is 20.7. The second kappa shape index (κ2) is 8.43. The summed E-state index contributed by atoms with van der Waals surface area (Å²) in [5.41, 5.74) is 2.04. The lowest BCUT2D eigenvalue weighted by molar-refractivity contribution is 0.0938. The molecule has 1 aromatic heterocycles. The van der Waals surface area contributed by atoms with Gasteiger partial charge in [-0.25, -0.2) is 13.4 Å². The van der Waals surface area contributed by atoms with Gasteiger partial charge in [0.25, 0.3) is 5.91 Å². The number of sulfonamides is 1. The molecular weight excluding hydrogens is 412 g/mol. The minimum atomic E-state index is -3.65. The SMILES string of the molecule is CC1CC(C)CN(S(=O)(=O)c2cccc(C(=O)N[C@@H](C)c3nc4ccccc4[nH]3)c2)C1. The maximum atomic E-state index is 13.2. The van der Waals surface area contributed by atoms with Gasteiger partial charge in [0.15, 0.2) is 0 Å². The van der Waals surface area contributed by atoms with E-state index in [0.29, 0.717) is 36.3 Å². The van der Waals surface area contributed by atoms with Crippen LogP contribution >= 0.6 is 0 Å². The summed E-state index contributed by atoms with van der Waals surface area (Å²) in [7, 11) is -3.65. The summed E-state index contributed by atoms with van der Waals surface area (Å²) in [6, 6.07) is 13.6. The molecule has 2 N–H and O–H groups in total. The number of amides is 1. The van der Waals surface area contributed by atoms with Crippen LogP contribution in [0.3, 0.4) is 0 Å². The zero-order chi connectivity index (χ0) is 22.2. The van der Waals surface area contributed by atoms with E-state index in [0.717, 1.165) is 17.5 Å². The van der Waals surface area contributed by atoms with Crippen LogP contribution in [0, 0.1) is 11.8 Å². The number of imidazole rings is 1. The molecule has 0 bridgehead atoms. The van der Waals surface area contributed by atoms with Crippen molar-refractivity contribution in [1.82, 2.24) is 19.6 Å². The van der Waals surface area contributed by atoms with Crippen LogP contribution in [0.1, 0.15) is 49.4 Å². The van der Waals surface area contributed by atoms with Gasteiger partial charge >= 0.3 is 0 Å². The first-order valence-electron chi connectivity index (χ1n) is 10.6. The number of hydrogen-bond acceptors (Lipinski definition) is 4. The normalized spacial score (nSPS) is 21.1. The van der Waals surface area contributed by atoms with Crippen molar-refractivity contribution >= 4 is 27.0 Å². The van der Waals surface area contributed by atoms with Crippen molar-refractivity contribution in [2.75, 3.05) is 13.1 Å². The third-order valence-corrected chi connectivity index (χ3v) is 7.56. The van der Waals surface area contributed by atoms with Gasteiger partial charge in [-0.15, -0.1) is 0 Å². The van der Waals surface area contributed by atoms with Gasteiger partial charge in [0.1, 0.15) is 5.82 Å². The monoisotopic (exact) mass is 440 g/mol. The molecule has 4 rings (SSSR count). The molecule has 2 aromatic carbocycles. The van der Waals surface area contributed by atoms with E-state index in [2.05, 4.69) is 29.1 Å². The Labute approximate surface area is 182 Å². The molecule has 1 aliphatic heterocycles. The van der Waals surface area contributed by atoms with Crippen molar-refractivity contribution in [2.45, 2.75) is 38.1 Å². The minimum Gasteiger partial charge on any atom is -0.342 e. The van der Waals surface area contributed by atoms with E-state index in [4.69, 9.17) is 0 Å². The fourth-order valence-corrected chi connectivity index (χ4v) is 6.00. The molecule has 0 saturated carbocycles. The molecule has 7 nitrogen and oxygen atoms in total. The number of piperidine rings is 1. The summed E-state index contributed by atoms with van der Waals surface area (Å²) in [5, 5.41) is 2.90. The van der Waals surface area contributed by atoms with Gasteiger partial charge in [-0.05, 0) is 55.5 Å². The second-order valence-electron chi connectivity index (χ2n) is 8.63. The van der Waals surface area contributed by atoms with Gasteiger partial charge < -0.3 is 10.3 Å². The van der Waals surface area contributed by atoms with Crippen molar-refractivity contribution in [2.24, 2.45) is 11.8 Å². The predicted molar refractivity (Wildman–Crippen MR) is 120 cm³/mol. The first-order chi connectivity index (χ1) is 14.7. The number of aromatic nitrogens is 2. The molecule has 1 saturated heterocycles. The highest BCUT2D eigenvalue weighted by Gasteiger charge is 2.32. The highest BCUT2D eigenvalue weighted by atomic mass is 32.2. The molecule has 2 heterocycles.